The van der Waals surface area contributed by atoms with E-state index in [4.69, 9.17) is 28.4 Å². The van der Waals surface area contributed by atoms with E-state index in [0.717, 1.165) is 81.8 Å². The van der Waals surface area contributed by atoms with Crippen LogP contribution in [0.4, 0.5) is 0 Å². The third-order valence-electron chi connectivity index (χ3n) is 16.4. The molecule has 0 amide bonds. The van der Waals surface area contributed by atoms with E-state index >= 15 is 14.4 Å². The van der Waals surface area contributed by atoms with Crippen molar-refractivity contribution in [3.63, 3.8) is 0 Å². The van der Waals surface area contributed by atoms with Crippen molar-refractivity contribution in [1.29, 1.82) is 0 Å². The summed E-state index contributed by atoms with van der Waals surface area (Å²) in [6, 6.07) is 24.0. The smallest absolute Gasteiger partial charge is 0.339 e. The first kappa shape index (κ1) is 67.1. The summed E-state index contributed by atoms with van der Waals surface area (Å²) >= 11 is 0. The molecule has 5 atom stereocenters. The van der Waals surface area contributed by atoms with Crippen molar-refractivity contribution >= 4 is 29.8 Å². The summed E-state index contributed by atoms with van der Waals surface area (Å²) in [6.45, 7) is 30.8. The van der Waals surface area contributed by atoms with Gasteiger partial charge in [-0.15, -0.1) is 0 Å². The molecule has 11 heteroatoms. The molecular weight excluding hydrogens is 981 g/mol. The maximum absolute atomic E-state index is 15.4. The fourth-order valence-electron chi connectivity index (χ4n) is 11.6. The van der Waals surface area contributed by atoms with Crippen LogP contribution >= 0.6 is 0 Å². The predicted molar refractivity (Wildman–Crippen MR) is 313 cm³/mol. The highest BCUT2D eigenvalue weighted by atomic mass is 16.6. The van der Waals surface area contributed by atoms with Gasteiger partial charge < -0.3 is 28.4 Å². The number of hydrogen-bond donors (Lipinski definition) is 0. The Bertz CT molecular complexity index is 2260. The van der Waals surface area contributed by atoms with Crippen LogP contribution in [-0.4, -0.2) is 68.5 Å². The van der Waals surface area contributed by atoms with Crippen LogP contribution < -0.4 is 4.74 Å². The summed E-state index contributed by atoms with van der Waals surface area (Å²) in [6.07, 6.45) is 11.3. The Kier molecular flexibility index (Phi) is 28.2. The van der Waals surface area contributed by atoms with Gasteiger partial charge in [-0.3, -0.25) is 14.4 Å². The molecule has 0 heterocycles. The monoisotopic (exact) mass is 1080 g/mol. The highest BCUT2D eigenvalue weighted by Crippen LogP contribution is 2.62. The van der Waals surface area contributed by atoms with E-state index < -0.39 is 75.5 Å². The molecule has 3 rings (SSSR count). The average Bonchev–Trinajstić information content (AvgIpc) is 3.39. The molecule has 11 nitrogen and oxygen atoms in total. The summed E-state index contributed by atoms with van der Waals surface area (Å²) < 4.78 is 35.8. The number of esters is 5. The molecule has 0 spiro atoms. The molecule has 0 aliphatic rings. The number of carbonyl (C=O) groups is 5. The molecule has 0 saturated heterocycles. The summed E-state index contributed by atoms with van der Waals surface area (Å²) in [5, 5.41) is 0. The molecular formula is C67H102O11. The minimum atomic E-state index is -0.891. The van der Waals surface area contributed by atoms with Crippen LogP contribution in [0.1, 0.15) is 221 Å². The normalized spacial score (nSPS) is 14.7. The molecule has 436 valence electrons. The van der Waals surface area contributed by atoms with E-state index in [0.29, 0.717) is 37.4 Å². The Balaban J connectivity index is 2.00. The molecule has 0 aromatic heterocycles. The number of hydrogen-bond acceptors (Lipinski definition) is 11. The van der Waals surface area contributed by atoms with Crippen LogP contribution in [-0.2, 0) is 38.1 Å². The van der Waals surface area contributed by atoms with Gasteiger partial charge in [-0.25, -0.2) is 9.59 Å². The van der Waals surface area contributed by atoms with Gasteiger partial charge in [-0.1, -0.05) is 189 Å². The molecule has 0 radical (unpaired) electrons. The summed E-state index contributed by atoms with van der Waals surface area (Å²) in [5.41, 5.74) is -0.479. The maximum Gasteiger partial charge on any atom is 0.339 e. The first-order valence-electron chi connectivity index (χ1n) is 29.7. The zero-order valence-corrected chi connectivity index (χ0v) is 50.9. The van der Waals surface area contributed by atoms with Crippen LogP contribution in [0.2, 0.25) is 0 Å². The Morgan fingerprint density at radius 1 is 0.474 bits per heavy atom. The third kappa shape index (κ3) is 19.9. The number of rotatable bonds is 37. The Labute approximate surface area is 471 Å². The van der Waals surface area contributed by atoms with Crippen molar-refractivity contribution in [1.82, 2.24) is 0 Å². The van der Waals surface area contributed by atoms with Gasteiger partial charge in [-0.05, 0) is 129 Å². The van der Waals surface area contributed by atoms with Crippen molar-refractivity contribution in [2.45, 2.75) is 212 Å². The Morgan fingerprint density at radius 2 is 0.962 bits per heavy atom. The van der Waals surface area contributed by atoms with Crippen LogP contribution in [0, 0.1) is 45.3 Å². The molecule has 3 aromatic carbocycles. The van der Waals surface area contributed by atoms with Crippen molar-refractivity contribution in [2.24, 2.45) is 45.3 Å². The van der Waals surface area contributed by atoms with Crippen molar-refractivity contribution < 1.29 is 52.4 Å². The lowest BCUT2D eigenvalue weighted by Crippen LogP contribution is -2.57. The number of ether oxygens (including phenoxy) is 6. The van der Waals surface area contributed by atoms with Gasteiger partial charge in [0.15, 0.2) is 0 Å². The van der Waals surface area contributed by atoms with Gasteiger partial charge in [0.1, 0.15) is 32.2 Å². The molecule has 0 aliphatic heterocycles. The first-order valence-corrected chi connectivity index (χ1v) is 29.7. The van der Waals surface area contributed by atoms with Gasteiger partial charge in [-0.2, -0.15) is 0 Å². The summed E-state index contributed by atoms with van der Waals surface area (Å²) in [7, 11) is 0. The summed E-state index contributed by atoms with van der Waals surface area (Å²) in [4.78, 5) is 72.6. The molecule has 0 aliphatic carbocycles. The first-order chi connectivity index (χ1) is 36.9. The minimum Gasteiger partial charge on any atom is -0.490 e. The molecule has 3 aromatic rings. The van der Waals surface area contributed by atoms with Crippen molar-refractivity contribution in [3.05, 3.63) is 90.0 Å². The maximum atomic E-state index is 15.4. The molecule has 78 heavy (non-hydrogen) atoms. The van der Waals surface area contributed by atoms with E-state index in [1.165, 1.54) is 12.1 Å². The lowest BCUT2D eigenvalue weighted by atomic mass is 9.46. The number of benzene rings is 3. The zero-order valence-electron chi connectivity index (χ0n) is 50.9. The lowest BCUT2D eigenvalue weighted by molar-refractivity contribution is -0.189. The van der Waals surface area contributed by atoms with E-state index in [1.807, 2.05) is 82.3 Å². The lowest BCUT2D eigenvalue weighted by Gasteiger charge is -2.57. The SMILES string of the molecule is CCCCCC(C)(C)C(CC(CC)(CCCC)C(C)(CCCCC)C(C(=O)OC(C)C)C(C(=O)OC(C)C)C(C)(C)CCC(C)C)C(=O)OCCOC(=O)c1ccccc1C(=O)OCCOc1ccc(-c2ccccc2)cc1. The second-order valence-corrected chi connectivity index (χ2v) is 24.4. The summed E-state index contributed by atoms with van der Waals surface area (Å²) in [5.74, 6) is -3.97. The predicted octanol–water partition coefficient (Wildman–Crippen LogP) is 16.7. The topological polar surface area (TPSA) is 141 Å². The average molecular weight is 1080 g/mol. The van der Waals surface area contributed by atoms with Gasteiger partial charge in [0.25, 0.3) is 0 Å². The molecule has 0 bridgehead atoms. The van der Waals surface area contributed by atoms with Gasteiger partial charge >= 0.3 is 29.8 Å². The Morgan fingerprint density at radius 3 is 1.47 bits per heavy atom. The highest BCUT2D eigenvalue weighted by molar-refractivity contribution is 6.03. The van der Waals surface area contributed by atoms with E-state index in [9.17, 15) is 9.59 Å². The van der Waals surface area contributed by atoms with Crippen LogP contribution in [0.25, 0.3) is 11.1 Å². The quantitative estimate of drug-likeness (QED) is 0.0309. The minimum absolute atomic E-state index is 0.0284. The Hall–Kier alpha value is -5.19. The molecule has 5 unspecified atom stereocenters. The van der Waals surface area contributed by atoms with Crippen LogP contribution in [0.3, 0.4) is 0 Å². The fourth-order valence-corrected chi connectivity index (χ4v) is 11.6. The van der Waals surface area contributed by atoms with Crippen LogP contribution in [0.15, 0.2) is 78.9 Å². The molecule has 0 saturated carbocycles. The van der Waals surface area contributed by atoms with Gasteiger partial charge in [0.2, 0.25) is 0 Å². The van der Waals surface area contributed by atoms with E-state index in [1.54, 1.807) is 12.1 Å². The molecule has 0 N–H and O–H groups in total. The van der Waals surface area contributed by atoms with Gasteiger partial charge in [0.05, 0.1) is 41.1 Å². The standard InChI is InChI=1S/C67H102O11/c1-16-20-28-39-64(11,12)56(61(70)76-46-45-75-60(69)55-33-27-26-32-54(55)59(68)74-44-43-73-53-36-34-52(35-37-53)51-30-24-23-25-31-51)47-67(19-4,41-22-18-3)66(15,40-29-21-17-2)58(63(72)78-50(9)10)57(62(71)77-49(7)8)65(13,14)42-38-48(5)6/h23-27,30-37,48-50,56-58H,16-22,28-29,38-47H2,1-15H3. The van der Waals surface area contributed by atoms with Gasteiger partial charge in [0, 0.05) is 0 Å². The van der Waals surface area contributed by atoms with Crippen molar-refractivity contribution in [2.75, 3.05) is 26.4 Å². The second-order valence-electron chi connectivity index (χ2n) is 24.4. The zero-order chi connectivity index (χ0) is 58.1. The third-order valence-corrected chi connectivity index (χ3v) is 16.4. The van der Waals surface area contributed by atoms with E-state index in [-0.39, 0.29) is 43.5 Å². The second kappa shape index (κ2) is 32.8. The number of unbranched alkanes of at least 4 members (excludes halogenated alkanes) is 5. The fraction of sp³-hybridized carbons (Fsp3) is 0.657. The number of carbonyl (C=O) groups excluding carboxylic acids is 5. The highest BCUT2D eigenvalue weighted by Gasteiger charge is 2.61. The largest absolute Gasteiger partial charge is 0.490 e. The van der Waals surface area contributed by atoms with Crippen LogP contribution in [0.5, 0.6) is 5.75 Å². The molecule has 0 fully saturated rings. The van der Waals surface area contributed by atoms with Crippen molar-refractivity contribution in [3.8, 4) is 16.9 Å². The van der Waals surface area contributed by atoms with E-state index in [2.05, 4.69) is 76.2 Å².